The van der Waals surface area contributed by atoms with E-state index in [0.717, 1.165) is 30.1 Å². The summed E-state index contributed by atoms with van der Waals surface area (Å²) in [6, 6.07) is -1.36. The van der Waals surface area contributed by atoms with E-state index in [2.05, 4.69) is 20.6 Å². The normalized spacial score (nSPS) is 22.2. The molecule has 10 nitrogen and oxygen atoms in total. The molecule has 2 amide bonds. The van der Waals surface area contributed by atoms with Gasteiger partial charge in [0.05, 0.1) is 30.2 Å². The SMILES string of the molecule is Cc1ncc(CNC(=O)C2CC(O)CN2C(=O)[C@@H](n2cc(C3CC3)nn2)C(C)(C)C)n1C. The van der Waals surface area contributed by atoms with E-state index in [0.29, 0.717) is 12.5 Å². The first-order valence-electron chi connectivity index (χ1n) is 11.2. The fourth-order valence-electron chi connectivity index (χ4n) is 4.33. The number of nitrogens with zero attached hydrogens (tertiary/aromatic N) is 6. The Hall–Kier alpha value is -2.75. The van der Waals surface area contributed by atoms with Gasteiger partial charge in [0, 0.05) is 32.1 Å². The number of likely N-dealkylation sites (tertiary alicyclic amines) is 1. The van der Waals surface area contributed by atoms with Gasteiger partial charge in [0.1, 0.15) is 17.9 Å². The van der Waals surface area contributed by atoms with Gasteiger partial charge in [-0.25, -0.2) is 9.67 Å². The zero-order chi connectivity index (χ0) is 23.2. The fraction of sp³-hybridized carbons (Fsp3) is 0.682. The van der Waals surface area contributed by atoms with Gasteiger partial charge >= 0.3 is 0 Å². The molecule has 2 aromatic heterocycles. The van der Waals surface area contributed by atoms with Gasteiger partial charge in [-0.1, -0.05) is 26.0 Å². The van der Waals surface area contributed by atoms with Gasteiger partial charge in [-0.05, 0) is 25.2 Å². The number of carbonyl (C=O) groups excluding carboxylic acids is 2. The van der Waals surface area contributed by atoms with Crippen molar-refractivity contribution in [3.05, 3.63) is 29.6 Å². The molecule has 174 valence electrons. The Kier molecular flexibility index (Phi) is 5.83. The lowest BCUT2D eigenvalue weighted by Gasteiger charge is -2.34. The summed E-state index contributed by atoms with van der Waals surface area (Å²) in [5, 5.41) is 21.8. The van der Waals surface area contributed by atoms with Crippen molar-refractivity contribution in [1.82, 2.24) is 34.8 Å². The Morgan fingerprint density at radius 1 is 1.31 bits per heavy atom. The standard InChI is InChI=1S/C22H33N7O3/c1-13-23-9-15(27(13)5)10-24-20(31)18-8-16(30)11-28(18)21(32)19(22(2,3)4)29-12-17(25-26-29)14-6-7-14/h9,12,14,16,18-19,30H,6-8,10-11H2,1-5H3,(H,24,31)/t16?,18?,19-/m1/s1. The number of rotatable bonds is 6. The van der Waals surface area contributed by atoms with E-state index in [4.69, 9.17) is 0 Å². The highest BCUT2D eigenvalue weighted by molar-refractivity contribution is 5.90. The van der Waals surface area contributed by atoms with E-state index in [1.807, 2.05) is 45.5 Å². The Bertz CT molecular complexity index is 1000. The van der Waals surface area contributed by atoms with Crippen LogP contribution in [0.5, 0.6) is 0 Å². The number of aliphatic hydroxyl groups excluding tert-OH is 1. The molecular formula is C22H33N7O3. The maximum Gasteiger partial charge on any atom is 0.248 e. The molecule has 2 fully saturated rings. The van der Waals surface area contributed by atoms with E-state index in [9.17, 15) is 14.7 Å². The maximum atomic E-state index is 13.7. The highest BCUT2D eigenvalue weighted by Crippen LogP contribution is 2.40. The summed E-state index contributed by atoms with van der Waals surface area (Å²) in [5.74, 6) is 0.785. The van der Waals surface area contributed by atoms with Crippen LogP contribution in [0.1, 0.15) is 69.2 Å². The molecular weight excluding hydrogens is 410 g/mol. The molecule has 2 unspecified atom stereocenters. The van der Waals surface area contributed by atoms with Crippen LogP contribution in [0.25, 0.3) is 0 Å². The summed E-state index contributed by atoms with van der Waals surface area (Å²) in [5.41, 5.74) is 1.33. The molecule has 1 aliphatic carbocycles. The second-order valence-electron chi connectivity index (χ2n) is 10.1. The summed E-state index contributed by atoms with van der Waals surface area (Å²) >= 11 is 0. The second kappa shape index (κ2) is 8.31. The van der Waals surface area contributed by atoms with Crippen LogP contribution in [0.15, 0.2) is 12.4 Å². The van der Waals surface area contributed by atoms with Crippen LogP contribution in [0.4, 0.5) is 0 Å². The number of carbonyl (C=O) groups is 2. The lowest BCUT2D eigenvalue weighted by atomic mass is 9.85. The van der Waals surface area contributed by atoms with Crippen molar-refractivity contribution in [2.75, 3.05) is 6.54 Å². The molecule has 0 aromatic carbocycles. The highest BCUT2D eigenvalue weighted by Gasteiger charge is 2.45. The van der Waals surface area contributed by atoms with Gasteiger partial charge in [0.2, 0.25) is 11.8 Å². The Morgan fingerprint density at radius 3 is 2.62 bits per heavy atom. The van der Waals surface area contributed by atoms with Crippen LogP contribution >= 0.6 is 0 Å². The molecule has 32 heavy (non-hydrogen) atoms. The Balaban J connectivity index is 1.52. The summed E-state index contributed by atoms with van der Waals surface area (Å²) < 4.78 is 3.54. The number of aromatic nitrogens is 5. The van der Waals surface area contributed by atoms with Crippen LogP contribution in [0.3, 0.4) is 0 Å². The molecule has 2 aliphatic rings. The molecule has 1 aliphatic heterocycles. The molecule has 2 N–H and O–H groups in total. The molecule has 0 bridgehead atoms. The molecule has 1 saturated carbocycles. The van der Waals surface area contributed by atoms with E-state index in [-0.39, 0.29) is 24.8 Å². The van der Waals surface area contributed by atoms with Crippen LogP contribution < -0.4 is 5.32 Å². The predicted molar refractivity (Wildman–Crippen MR) is 116 cm³/mol. The van der Waals surface area contributed by atoms with Crippen molar-refractivity contribution in [2.24, 2.45) is 12.5 Å². The summed E-state index contributed by atoms with van der Waals surface area (Å²) in [7, 11) is 1.89. The molecule has 3 atom stereocenters. The third-order valence-electron chi connectivity index (χ3n) is 6.47. The van der Waals surface area contributed by atoms with E-state index >= 15 is 0 Å². The highest BCUT2D eigenvalue weighted by atomic mass is 16.3. The Labute approximate surface area is 188 Å². The van der Waals surface area contributed by atoms with E-state index in [1.165, 1.54) is 4.90 Å². The third-order valence-corrected chi connectivity index (χ3v) is 6.47. The lowest BCUT2D eigenvalue weighted by molar-refractivity contribution is -0.144. The first-order chi connectivity index (χ1) is 15.1. The van der Waals surface area contributed by atoms with E-state index in [1.54, 1.807) is 10.9 Å². The number of hydrogen-bond acceptors (Lipinski definition) is 6. The topological polar surface area (TPSA) is 118 Å². The molecule has 4 rings (SSSR count). The number of nitrogens with one attached hydrogen (secondary N) is 1. The first-order valence-corrected chi connectivity index (χ1v) is 11.2. The molecule has 10 heteroatoms. The van der Waals surface area contributed by atoms with Crippen molar-refractivity contribution in [1.29, 1.82) is 0 Å². The molecule has 0 spiro atoms. The number of amides is 2. The van der Waals surface area contributed by atoms with Gasteiger partial charge in [0.25, 0.3) is 0 Å². The lowest BCUT2D eigenvalue weighted by Crippen LogP contribution is -2.50. The smallest absolute Gasteiger partial charge is 0.248 e. The summed E-state index contributed by atoms with van der Waals surface area (Å²) in [4.78, 5) is 32.5. The Morgan fingerprint density at radius 2 is 2.03 bits per heavy atom. The minimum absolute atomic E-state index is 0.124. The van der Waals surface area contributed by atoms with Crippen molar-refractivity contribution in [2.45, 2.75) is 77.6 Å². The summed E-state index contributed by atoms with van der Waals surface area (Å²) in [6.45, 7) is 8.24. The van der Waals surface area contributed by atoms with Crippen molar-refractivity contribution in [3.8, 4) is 0 Å². The van der Waals surface area contributed by atoms with Crippen LogP contribution in [0.2, 0.25) is 0 Å². The van der Waals surface area contributed by atoms with Crippen molar-refractivity contribution < 1.29 is 14.7 Å². The van der Waals surface area contributed by atoms with Crippen molar-refractivity contribution >= 4 is 11.8 Å². The minimum Gasteiger partial charge on any atom is -0.391 e. The first kappa shape index (κ1) is 22.4. The fourth-order valence-corrected chi connectivity index (χ4v) is 4.33. The molecule has 2 aromatic rings. The van der Waals surface area contributed by atoms with Gasteiger partial charge in [0.15, 0.2) is 0 Å². The average Bonchev–Trinajstić information content (AvgIpc) is 3.19. The average molecular weight is 444 g/mol. The number of aryl methyl sites for hydroxylation is 1. The van der Waals surface area contributed by atoms with E-state index < -0.39 is 23.6 Å². The molecule has 0 radical (unpaired) electrons. The molecule has 1 saturated heterocycles. The quantitative estimate of drug-likeness (QED) is 0.689. The monoisotopic (exact) mass is 443 g/mol. The number of aliphatic hydroxyl groups is 1. The van der Waals surface area contributed by atoms with Gasteiger partial charge in [-0.3, -0.25) is 9.59 Å². The number of β-amino-alcohol motifs (C(OH)–C–C–N with tert-alkyl or cyclic N) is 1. The summed E-state index contributed by atoms with van der Waals surface area (Å²) in [6.07, 6.45) is 5.25. The van der Waals surface area contributed by atoms with Crippen LogP contribution in [-0.2, 0) is 23.2 Å². The second-order valence-corrected chi connectivity index (χ2v) is 10.1. The zero-order valence-electron chi connectivity index (χ0n) is 19.4. The predicted octanol–water partition coefficient (Wildman–Crippen LogP) is 1.06. The maximum absolute atomic E-state index is 13.7. The van der Waals surface area contributed by atoms with Crippen LogP contribution in [0, 0.1) is 12.3 Å². The number of imidazole rings is 1. The number of hydrogen-bond donors (Lipinski definition) is 2. The minimum atomic E-state index is -0.743. The van der Waals surface area contributed by atoms with Gasteiger partial charge in [-0.15, -0.1) is 5.10 Å². The van der Waals surface area contributed by atoms with Gasteiger partial charge < -0.3 is 19.9 Å². The third kappa shape index (κ3) is 4.41. The largest absolute Gasteiger partial charge is 0.391 e. The van der Waals surface area contributed by atoms with Crippen molar-refractivity contribution in [3.63, 3.8) is 0 Å². The van der Waals surface area contributed by atoms with Gasteiger partial charge in [-0.2, -0.15) is 0 Å². The zero-order valence-corrected chi connectivity index (χ0v) is 19.4. The molecule has 3 heterocycles. The van der Waals surface area contributed by atoms with Crippen LogP contribution in [-0.4, -0.2) is 65.1 Å².